The van der Waals surface area contributed by atoms with Crippen LogP contribution in [0.3, 0.4) is 0 Å². The highest BCUT2D eigenvalue weighted by molar-refractivity contribution is 4.87. The second kappa shape index (κ2) is 6.58. The molecule has 0 spiro atoms. The average Bonchev–Trinajstić information content (AvgIpc) is 2.23. The van der Waals surface area contributed by atoms with E-state index in [9.17, 15) is 0 Å². The molecule has 1 rings (SSSR count). The van der Waals surface area contributed by atoms with Gasteiger partial charge in [0.1, 0.15) is 0 Å². The molecule has 0 aromatic rings. The fourth-order valence-electron chi connectivity index (χ4n) is 3.24. The van der Waals surface area contributed by atoms with Crippen LogP contribution in [0.2, 0.25) is 0 Å². The zero-order valence-corrected chi connectivity index (χ0v) is 14.2. The van der Waals surface area contributed by atoms with Crippen LogP contribution in [0.1, 0.15) is 80.6 Å². The molecule has 1 saturated carbocycles. The standard InChI is InChI=1S/C17H35NO/c1-13(18-16(2,3)4)15(19-17(5,6)7)14-11-9-8-10-12-14/h13-15,18H,8-12H2,1-7H3/t13-,15-/m0/s1. The lowest BCUT2D eigenvalue weighted by molar-refractivity contribution is -0.106. The average molecular weight is 269 g/mol. The molecule has 114 valence electrons. The van der Waals surface area contributed by atoms with Gasteiger partial charge < -0.3 is 10.1 Å². The van der Waals surface area contributed by atoms with Gasteiger partial charge in [0, 0.05) is 11.6 Å². The predicted molar refractivity (Wildman–Crippen MR) is 83.6 cm³/mol. The molecular formula is C17H35NO. The van der Waals surface area contributed by atoms with E-state index in [1.165, 1.54) is 32.1 Å². The van der Waals surface area contributed by atoms with Gasteiger partial charge >= 0.3 is 0 Å². The summed E-state index contributed by atoms with van der Waals surface area (Å²) >= 11 is 0. The zero-order valence-electron chi connectivity index (χ0n) is 14.2. The van der Waals surface area contributed by atoms with Gasteiger partial charge in [-0.1, -0.05) is 19.3 Å². The molecule has 0 aliphatic heterocycles. The summed E-state index contributed by atoms with van der Waals surface area (Å²) in [5, 5.41) is 3.71. The summed E-state index contributed by atoms with van der Waals surface area (Å²) in [6.07, 6.45) is 7.14. The monoisotopic (exact) mass is 269 g/mol. The first-order valence-corrected chi connectivity index (χ1v) is 8.04. The molecule has 1 aliphatic carbocycles. The third-order valence-corrected chi connectivity index (χ3v) is 3.76. The van der Waals surface area contributed by atoms with Gasteiger partial charge in [0.25, 0.3) is 0 Å². The molecule has 2 atom stereocenters. The first-order valence-electron chi connectivity index (χ1n) is 8.04. The van der Waals surface area contributed by atoms with E-state index >= 15 is 0 Å². The maximum absolute atomic E-state index is 6.42. The van der Waals surface area contributed by atoms with E-state index < -0.39 is 0 Å². The number of nitrogens with one attached hydrogen (secondary N) is 1. The molecule has 0 bridgehead atoms. The first-order chi connectivity index (χ1) is 8.58. The summed E-state index contributed by atoms with van der Waals surface area (Å²) in [7, 11) is 0. The van der Waals surface area contributed by atoms with Crippen molar-refractivity contribution in [3.8, 4) is 0 Å². The highest BCUT2D eigenvalue weighted by Crippen LogP contribution is 2.32. The van der Waals surface area contributed by atoms with Crippen LogP contribution in [-0.2, 0) is 4.74 Å². The van der Waals surface area contributed by atoms with E-state index in [2.05, 4.69) is 53.8 Å². The Labute approximate surface area is 120 Å². The highest BCUT2D eigenvalue weighted by atomic mass is 16.5. The second-order valence-corrected chi connectivity index (χ2v) is 8.28. The van der Waals surface area contributed by atoms with Crippen molar-refractivity contribution in [2.75, 3.05) is 0 Å². The highest BCUT2D eigenvalue weighted by Gasteiger charge is 2.33. The number of hydrogen-bond donors (Lipinski definition) is 1. The minimum atomic E-state index is -0.0596. The van der Waals surface area contributed by atoms with Gasteiger partial charge in [0.15, 0.2) is 0 Å². The van der Waals surface area contributed by atoms with Gasteiger partial charge in [-0.25, -0.2) is 0 Å². The Morgan fingerprint density at radius 1 is 0.947 bits per heavy atom. The van der Waals surface area contributed by atoms with Gasteiger partial charge in [-0.05, 0) is 67.2 Å². The maximum Gasteiger partial charge on any atom is 0.0760 e. The van der Waals surface area contributed by atoms with Crippen molar-refractivity contribution >= 4 is 0 Å². The van der Waals surface area contributed by atoms with Crippen LogP contribution < -0.4 is 5.32 Å². The van der Waals surface area contributed by atoms with Crippen LogP contribution in [0.15, 0.2) is 0 Å². The minimum Gasteiger partial charge on any atom is -0.371 e. The van der Waals surface area contributed by atoms with E-state index in [4.69, 9.17) is 4.74 Å². The van der Waals surface area contributed by atoms with Crippen LogP contribution >= 0.6 is 0 Å². The van der Waals surface area contributed by atoms with Crippen molar-refractivity contribution in [1.29, 1.82) is 0 Å². The quantitative estimate of drug-likeness (QED) is 0.810. The molecule has 0 aromatic carbocycles. The van der Waals surface area contributed by atoms with Gasteiger partial charge in [-0.15, -0.1) is 0 Å². The van der Waals surface area contributed by atoms with Gasteiger partial charge in [0.2, 0.25) is 0 Å². The minimum absolute atomic E-state index is 0.0596. The van der Waals surface area contributed by atoms with Gasteiger partial charge in [-0.3, -0.25) is 0 Å². The van der Waals surface area contributed by atoms with E-state index in [-0.39, 0.29) is 11.1 Å². The van der Waals surface area contributed by atoms with Gasteiger partial charge in [0.05, 0.1) is 11.7 Å². The van der Waals surface area contributed by atoms with Crippen molar-refractivity contribution in [1.82, 2.24) is 5.32 Å². The van der Waals surface area contributed by atoms with Crippen molar-refractivity contribution in [2.24, 2.45) is 5.92 Å². The molecule has 1 fully saturated rings. The molecule has 1 N–H and O–H groups in total. The Kier molecular flexibility index (Phi) is 5.88. The summed E-state index contributed by atoms with van der Waals surface area (Å²) in [6.45, 7) is 15.5. The van der Waals surface area contributed by atoms with Crippen LogP contribution in [0.5, 0.6) is 0 Å². The molecule has 1 aliphatic rings. The maximum atomic E-state index is 6.42. The number of hydrogen-bond acceptors (Lipinski definition) is 2. The molecule has 0 radical (unpaired) electrons. The molecule has 0 heterocycles. The summed E-state index contributed by atoms with van der Waals surface area (Å²) in [4.78, 5) is 0. The summed E-state index contributed by atoms with van der Waals surface area (Å²) < 4.78 is 6.42. The van der Waals surface area contributed by atoms with E-state index in [0.29, 0.717) is 12.1 Å². The van der Waals surface area contributed by atoms with Crippen molar-refractivity contribution in [3.05, 3.63) is 0 Å². The second-order valence-electron chi connectivity index (χ2n) is 8.28. The molecule has 0 aromatic heterocycles. The molecule has 0 amide bonds. The SMILES string of the molecule is C[C@H](NC(C)(C)C)[C@H](OC(C)(C)C)C1CCCCC1. The molecule has 0 unspecified atom stereocenters. The lowest BCUT2D eigenvalue weighted by atomic mass is 9.82. The van der Waals surface area contributed by atoms with Crippen LogP contribution in [0.4, 0.5) is 0 Å². The first kappa shape index (κ1) is 17.0. The third-order valence-electron chi connectivity index (χ3n) is 3.76. The van der Waals surface area contributed by atoms with E-state index in [0.717, 1.165) is 5.92 Å². The Morgan fingerprint density at radius 2 is 1.47 bits per heavy atom. The zero-order chi connectivity index (χ0) is 14.7. The van der Waals surface area contributed by atoms with Crippen LogP contribution in [0, 0.1) is 5.92 Å². The summed E-state index contributed by atoms with van der Waals surface area (Å²) in [6, 6.07) is 0.405. The topological polar surface area (TPSA) is 21.3 Å². The summed E-state index contributed by atoms with van der Waals surface area (Å²) in [5.74, 6) is 0.720. The van der Waals surface area contributed by atoms with Crippen molar-refractivity contribution < 1.29 is 4.74 Å². The van der Waals surface area contributed by atoms with E-state index in [1.54, 1.807) is 0 Å². The van der Waals surface area contributed by atoms with Crippen LogP contribution in [-0.4, -0.2) is 23.3 Å². The molecule has 2 heteroatoms. The smallest absolute Gasteiger partial charge is 0.0760 e. The molecular weight excluding hydrogens is 234 g/mol. The normalized spacial score (nSPS) is 22.3. The Bertz CT molecular complexity index is 255. The lowest BCUT2D eigenvalue weighted by Crippen LogP contribution is -2.52. The largest absolute Gasteiger partial charge is 0.371 e. The van der Waals surface area contributed by atoms with Crippen LogP contribution in [0.25, 0.3) is 0 Å². The number of rotatable bonds is 4. The number of ether oxygens (including phenoxy) is 1. The Morgan fingerprint density at radius 3 is 1.89 bits per heavy atom. The predicted octanol–water partition coefficient (Wildman–Crippen LogP) is 4.53. The van der Waals surface area contributed by atoms with Crippen molar-refractivity contribution in [2.45, 2.75) is 104 Å². The summed E-state index contributed by atoms with van der Waals surface area (Å²) in [5.41, 5.74) is 0.0868. The fraction of sp³-hybridized carbons (Fsp3) is 1.00. The van der Waals surface area contributed by atoms with E-state index in [1.807, 2.05) is 0 Å². The van der Waals surface area contributed by atoms with Gasteiger partial charge in [-0.2, -0.15) is 0 Å². The molecule has 19 heavy (non-hydrogen) atoms. The van der Waals surface area contributed by atoms with Crippen molar-refractivity contribution in [3.63, 3.8) is 0 Å². The molecule has 0 saturated heterocycles. The molecule has 2 nitrogen and oxygen atoms in total. The Hall–Kier alpha value is -0.0800. The fourth-order valence-corrected chi connectivity index (χ4v) is 3.24. The Balaban J connectivity index is 2.72. The third kappa shape index (κ3) is 6.76. The lowest BCUT2D eigenvalue weighted by Gasteiger charge is -2.41.